The first-order valence-corrected chi connectivity index (χ1v) is 8.18. The zero-order chi connectivity index (χ0) is 17.8. The number of aldehydes is 1. The van der Waals surface area contributed by atoms with Crippen LogP contribution in [0.3, 0.4) is 0 Å². The van der Waals surface area contributed by atoms with Crippen LogP contribution in [0, 0.1) is 0 Å². The van der Waals surface area contributed by atoms with Gasteiger partial charge in [0, 0.05) is 24.2 Å². The zero-order valence-corrected chi connectivity index (χ0v) is 15.6. The Kier molecular flexibility index (Phi) is 6.37. The molecule has 0 radical (unpaired) electrons. The second kappa shape index (κ2) is 7.45. The molecule has 0 spiro atoms. The van der Waals surface area contributed by atoms with Crippen LogP contribution in [0.5, 0.6) is 5.75 Å². The molecule has 130 valence electrons. The molecule has 0 saturated heterocycles. The molecule has 23 heavy (non-hydrogen) atoms. The van der Waals surface area contributed by atoms with Crippen molar-refractivity contribution >= 4 is 6.29 Å². The van der Waals surface area contributed by atoms with Crippen molar-refractivity contribution in [3.05, 3.63) is 28.8 Å². The maximum atomic E-state index is 11.6. The van der Waals surface area contributed by atoms with Crippen molar-refractivity contribution in [1.29, 1.82) is 0 Å². The Labute approximate surface area is 140 Å². The van der Waals surface area contributed by atoms with Crippen LogP contribution < -0.4 is 15.8 Å². The summed E-state index contributed by atoms with van der Waals surface area (Å²) in [7, 11) is 1.66. The lowest BCUT2D eigenvalue weighted by atomic mass is 9.78. The number of ether oxygens (including phenoxy) is 1. The number of nitrogens with two attached hydrogens (primary N) is 1. The van der Waals surface area contributed by atoms with Crippen molar-refractivity contribution in [2.24, 2.45) is 5.73 Å². The average Bonchev–Trinajstić information content (AvgIpc) is 2.45. The number of nitrogens with one attached hydrogen (secondary N) is 1. The van der Waals surface area contributed by atoms with Crippen LogP contribution in [0.15, 0.2) is 12.1 Å². The highest BCUT2D eigenvalue weighted by molar-refractivity contribution is 5.66. The summed E-state index contributed by atoms with van der Waals surface area (Å²) in [6, 6.07) is 3.86. The maximum absolute atomic E-state index is 11.6. The minimum Gasteiger partial charge on any atom is -0.496 e. The SMILES string of the molecule is COc1c(C(C=O)NCCN)cc(C(C)(C)C)cc1C(C)(C)C. The Hall–Kier alpha value is -1.39. The first kappa shape index (κ1) is 19.7. The van der Waals surface area contributed by atoms with E-state index in [9.17, 15) is 4.79 Å². The molecule has 0 aromatic heterocycles. The third kappa shape index (κ3) is 4.79. The molecule has 0 heterocycles. The van der Waals surface area contributed by atoms with Crippen LogP contribution in [0.1, 0.15) is 64.3 Å². The number of rotatable bonds is 6. The molecule has 4 heteroatoms. The summed E-state index contributed by atoms with van der Waals surface area (Å²) in [5, 5.41) is 3.19. The predicted octanol–water partition coefficient (Wildman–Crippen LogP) is 3.08. The molecular weight excluding hydrogens is 288 g/mol. The van der Waals surface area contributed by atoms with E-state index in [1.807, 2.05) is 0 Å². The second-order valence-electron chi connectivity index (χ2n) is 8.00. The lowest BCUT2D eigenvalue weighted by Crippen LogP contribution is -2.29. The quantitative estimate of drug-likeness (QED) is 0.791. The molecule has 0 bridgehead atoms. The van der Waals surface area contributed by atoms with Crippen molar-refractivity contribution in [1.82, 2.24) is 5.32 Å². The summed E-state index contributed by atoms with van der Waals surface area (Å²) >= 11 is 0. The number of methoxy groups -OCH3 is 1. The molecule has 0 aliphatic carbocycles. The van der Waals surface area contributed by atoms with Gasteiger partial charge in [0.2, 0.25) is 0 Å². The van der Waals surface area contributed by atoms with Crippen molar-refractivity contribution < 1.29 is 9.53 Å². The van der Waals surface area contributed by atoms with Gasteiger partial charge in [-0.25, -0.2) is 0 Å². The van der Waals surface area contributed by atoms with E-state index in [0.717, 1.165) is 23.2 Å². The lowest BCUT2D eigenvalue weighted by Gasteiger charge is -2.30. The number of benzene rings is 1. The van der Waals surface area contributed by atoms with E-state index in [2.05, 4.69) is 59.0 Å². The van der Waals surface area contributed by atoms with E-state index in [1.165, 1.54) is 5.56 Å². The smallest absolute Gasteiger partial charge is 0.141 e. The fraction of sp³-hybridized carbons (Fsp3) is 0.632. The molecule has 1 atom stereocenters. The standard InChI is InChI=1S/C19H32N2O2/c1-18(2,3)13-10-14(16(12-22)21-9-8-20)17(23-7)15(11-13)19(4,5)6/h10-12,16,21H,8-9,20H2,1-7H3. The topological polar surface area (TPSA) is 64.3 Å². The Morgan fingerprint density at radius 3 is 2.17 bits per heavy atom. The van der Waals surface area contributed by atoms with Gasteiger partial charge in [-0.15, -0.1) is 0 Å². The highest BCUT2D eigenvalue weighted by Crippen LogP contribution is 2.40. The number of hydrogen-bond acceptors (Lipinski definition) is 4. The van der Waals surface area contributed by atoms with Gasteiger partial charge in [0.15, 0.2) is 0 Å². The Morgan fingerprint density at radius 1 is 1.17 bits per heavy atom. The van der Waals surface area contributed by atoms with E-state index in [4.69, 9.17) is 10.5 Å². The van der Waals surface area contributed by atoms with E-state index < -0.39 is 6.04 Å². The zero-order valence-electron chi connectivity index (χ0n) is 15.6. The molecule has 0 amide bonds. The molecule has 4 nitrogen and oxygen atoms in total. The Bertz CT molecular complexity index is 540. The van der Waals surface area contributed by atoms with E-state index >= 15 is 0 Å². The molecule has 1 rings (SSSR count). The summed E-state index contributed by atoms with van der Waals surface area (Å²) < 4.78 is 5.70. The van der Waals surface area contributed by atoms with E-state index in [0.29, 0.717) is 13.1 Å². The van der Waals surface area contributed by atoms with Crippen LogP contribution >= 0.6 is 0 Å². The van der Waals surface area contributed by atoms with Gasteiger partial charge >= 0.3 is 0 Å². The van der Waals surface area contributed by atoms with Crippen molar-refractivity contribution in [3.8, 4) is 5.75 Å². The second-order valence-corrected chi connectivity index (χ2v) is 8.00. The van der Waals surface area contributed by atoms with Gasteiger partial charge in [-0.2, -0.15) is 0 Å². The molecule has 0 saturated carbocycles. The van der Waals surface area contributed by atoms with Gasteiger partial charge in [-0.1, -0.05) is 47.6 Å². The summed E-state index contributed by atoms with van der Waals surface area (Å²) in [5.74, 6) is 0.784. The van der Waals surface area contributed by atoms with Crippen LogP contribution in [-0.2, 0) is 15.6 Å². The molecule has 3 N–H and O–H groups in total. The van der Waals surface area contributed by atoms with Crippen LogP contribution in [-0.4, -0.2) is 26.5 Å². The van der Waals surface area contributed by atoms with E-state index in [-0.39, 0.29) is 10.8 Å². The predicted molar refractivity (Wildman–Crippen MR) is 96.3 cm³/mol. The highest BCUT2D eigenvalue weighted by atomic mass is 16.5. The molecule has 0 fully saturated rings. The highest BCUT2D eigenvalue weighted by Gasteiger charge is 2.28. The molecule has 1 aromatic carbocycles. The summed E-state index contributed by atoms with van der Waals surface area (Å²) in [4.78, 5) is 11.6. The lowest BCUT2D eigenvalue weighted by molar-refractivity contribution is -0.109. The molecule has 1 unspecified atom stereocenters. The molecule has 0 aliphatic heterocycles. The largest absolute Gasteiger partial charge is 0.496 e. The first-order valence-electron chi connectivity index (χ1n) is 8.18. The minimum absolute atomic E-state index is 0.0116. The van der Waals surface area contributed by atoms with Crippen LogP contribution in [0.4, 0.5) is 0 Å². The summed E-state index contributed by atoms with van der Waals surface area (Å²) in [6.45, 7) is 14.1. The molecular formula is C19H32N2O2. The van der Waals surface area contributed by atoms with Gasteiger partial charge in [0.25, 0.3) is 0 Å². The fourth-order valence-corrected chi connectivity index (χ4v) is 2.57. The van der Waals surface area contributed by atoms with Crippen LogP contribution in [0.25, 0.3) is 0 Å². The molecule has 0 aliphatic rings. The molecule has 1 aromatic rings. The Morgan fingerprint density at radius 2 is 1.78 bits per heavy atom. The van der Waals surface area contributed by atoms with E-state index in [1.54, 1.807) is 7.11 Å². The van der Waals surface area contributed by atoms with Crippen molar-refractivity contribution in [2.45, 2.75) is 58.4 Å². The number of hydrogen-bond donors (Lipinski definition) is 2. The van der Waals surface area contributed by atoms with Gasteiger partial charge in [0.05, 0.1) is 13.2 Å². The number of carbonyl (C=O) groups excluding carboxylic acids is 1. The average molecular weight is 320 g/mol. The van der Waals surface area contributed by atoms with Crippen molar-refractivity contribution in [3.63, 3.8) is 0 Å². The van der Waals surface area contributed by atoms with Crippen molar-refractivity contribution in [2.75, 3.05) is 20.2 Å². The third-order valence-corrected chi connectivity index (χ3v) is 3.98. The monoisotopic (exact) mass is 320 g/mol. The first-order chi connectivity index (χ1) is 10.6. The minimum atomic E-state index is -0.420. The maximum Gasteiger partial charge on any atom is 0.141 e. The Balaban J connectivity index is 3.61. The fourth-order valence-electron chi connectivity index (χ4n) is 2.57. The third-order valence-electron chi connectivity index (χ3n) is 3.98. The summed E-state index contributed by atoms with van der Waals surface area (Å²) in [5.41, 5.74) is 8.67. The van der Waals surface area contributed by atoms with Crippen LogP contribution in [0.2, 0.25) is 0 Å². The van der Waals surface area contributed by atoms with Gasteiger partial charge in [0.1, 0.15) is 12.0 Å². The van der Waals surface area contributed by atoms with Gasteiger partial charge in [-0.05, 0) is 22.5 Å². The van der Waals surface area contributed by atoms with Gasteiger partial charge < -0.3 is 20.6 Å². The normalized spacial score (nSPS) is 13.7. The summed E-state index contributed by atoms with van der Waals surface area (Å²) in [6.07, 6.45) is 0.923. The van der Waals surface area contributed by atoms with Gasteiger partial charge in [-0.3, -0.25) is 0 Å². The number of carbonyl (C=O) groups is 1.